The zero-order valence-electron chi connectivity index (χ0n) is 13.8. The summed E-state index contributed by atoms with van der Waals surface area (Å²) < 4.78 is 54.7. The number of pyridine rings is 2. The summed E-state index contributed by atoms with van der Waals surface area (Å²) in [7, 11) is 0. The maximum absolute atomic E-state index is 13.5. The van der Waals surface area contributed by atoms with Gasteiger partial charge in [0, 0.05) is 41.7 Å². The number of aliphatic hydroxyl groups is 1. The molecule has 0 amide bonds. The molecule has 0 unspecified atom stereocenters. The SMILES string of the molecule is C[C@](O)(c1cncc(-c2nc3cc(F)ccn3c2C2CC2)c1)C(F)(F)F. The monoisotopic (exact) mass is 365 g/mol. The number of hydrogen-bond donors (Lipinski definition) is 1. The van der Waals surface area contributed by atoms with Crippen LogP contribution >= 0.6 is 0 Å². The zero-order valence-corrected chi connectivity index (χ0v) is 13.8. The highest BCUT2D eigenvalue weighted by Crippen LogP contribution is 2.45. The van der Waals surface area contributed by atoms with Crippen molar-refractivity contribution in [2.45, 2.75) is 37.5 Å². The molecule has 3 heterocycles. The van der Waals surface area contributed by atoms with E-state index in [4.69, 9.17) is 0 Å². The lowest BCUT2D eigenvalue weighted by Crippen LogP contribution is -2.39. The van der Waals surface area contributed by atoms with Crippen molar-refractivity contribution < 1.29 is 22.7 Å². The van der Waals surface area contributed by atoms with Gasteiger partial charge in [0.2, 0.25) is 0 Å². The lowest BCUT2D eigenvalue weighted by Gasteiger charge is -2.26. The number of alkyl halides is 3. The van der Waals surface area contributed by atoms with Crippen LogP contribution in [0.15, 0.2) is 36.8 Å². The van der Waals surface area contributed by atoms with E-state index in [0.29, 0.717) is 23.8 Å². The number of halogens is 4. The molecule has 0 radical (unpaired) electrons. The second kappa shape index (κ2) is 5.51. The molecule has 0 aromatic carbocycles. The lowest BCUT2D eigenvalue weighted by molar-refractivity contribution is -0.259. The Balaban J connectivity index is 1.89. The van der Waals surface area contributed by atoms with Crippen molar-refractivity contribution in [2.75, 3.05) is 0 Å². The molecule has 0 aliphatic heterocycles. The number of fused-ring (bicyclic) bond motifs is 1. The second-order valence-corrected chi connectivity index (χ2v) is 6.73. The number of rotatable bonds is 3. The molecule has 4 nitrogen and oxygen atoms in total. The normalized spacial score (nSPS) is 17.5. The van der Waals surface area contributed by atoms with E-state index in [9.17, 15) is 22.7 Å². The highest BCUT2D eigenvalue weighted by atomic mass is 19.4. The molecule has 0 bridgehead atoms. The number of aromatic nitrogens is 3. The van der Waals surface area contributed by atoms with Crippen molar-refractivity contribution in [1.82, 2.24) is 14.4 Å². The van der Waals surface area contributed by atoms with E-state index in [2.05, 4.69) is 9.97 Å². The molecule has 1 aliphatic carbocycles. The Morgan fingerprint density at radius 3 is 2.58 bits per heavy atom. The van der Waals surface area contributed by atoms with Gasteiger partial charge in [-0.2, -0.15) is 13.2 Å². The van der Waals surface area contributed by atoms with Gasteiger partial charge in [0.25, 0.3) is 0 Å². The van der Waals surface area contributed by atoms with Gasteiger partial charge in [-0.25, -0.2) is 9.37 Å². The van der Waals surface area contributed by atoms with Crippen LogP contribution < -0.4 is 0 Å². The fourth-order valence-corrected chi connectivity index (χ4v) is 3.00. The Morgan fingerprint density at radius 2 is 1.92 bits per heavy atom. The van der Waals surface area contributed by atoms with Crippen molar-refractivity contribution in [1.29, 1.82) is 0 Å². The maximum Gasteiger partial charge on any atom is 0.421 e. The minimum atomic E-state index is -4.84. The molecule has 1 atom stereocenters. The van der Waals surface area contributed by atoms with Crippen molar-refractivity contribution in [3.8, 4) is 11.3 Å². The van der Waals surface area contributed by atoms with Crippen LogP contribution in [0.4, 0.5) is 17.6 Å². The molecule has 1 aliphatic rings. The molecule has 8 heteroatoms. The summed E-state index contributed by atoms with van der Waals surface area (Å²) in [6.07, 6.45) is 0.993. The van der Waals surface area contributed by atoms with Crippen molar-refractivity contribution in [3.05, 3.63) is 53.9 Å². The van der Waals surface area contributed by atoms with Gasteiger partial charge in [0.05, 0.1) is 11.4 Å². The van der Waals surface area contributed by atoms with E-state index in [1.165, 1.54) is 24.4 Å². The van der Waals surface area contributed by atoms with Crippen LogP contribution in [0.25, 0.3) is 16.9 Å². The molecule has 1 fully saturated rings. The Labute approximate surface area is 146 Å². The Morgan fingerprint density at radius 1 is 1.19 bits per heavy atom. The van der Waals surface area contributed by atoms with Crippen LogP contribution in [-0.2, 0) is 5.60 Å². The second-order valence-electron chi connectivity index (χ2n) is 6.73. The largest absolute Gasteiger partial charge is 0.421 e. The lowest BCUT2D eigenvalue weighted by atomic mass is 9.95. The van der Waals surface area contributed by atoms with E-state index in [-0.39, 0.29) is 11.5 Å². The van der Waals surface area contributed by atoms with E-state index < -0.39 is 17.6 Å². The highest BCUT2D eigenvalue weighted by molar-refractivity contribution is 5.68. The van der Waals surface area contributed by atoms with Gasteiger partial charge in [-0.1, -0.05) is 0 Å². The van der Waals surface area contributed by atoms with Crippen LogP contribution in [0.1, 0.15) is 36.9 Å². The van der Waals surface area contributed by atoms with E-state index in [1.54, 1.807) is 10.6 Å². The number of hydrogen-bond acceptors (Lipinski definition) is 3. The summed E-state index contributed by atoms with van der Waals surface area (Å²) in [6.45, 7) is 0.689. The van der Waals surface area contributed by atoms with E-state index >= 15 is 0 Å². The predicted molar refractivity (Wildman–Crippen MR) is 86.0 cm³/mol. The third kappa shape index (κ3) is 2.65. The molecule has 0 saturated heterocycles. The molecule has 1 saturated carbocycles. The van der Waals surface area contributed by atoms with Crippen LogP contribution in [0.2, 0.25) is 0 Å². The maximum atomic E-state index is 13.5. The molecule has 4 rings (SSSR count). The molecule has 136 valence electrons. The first-order valence-electron chi connectivity index (χ1n) is 8.11. The quantitative estimate of drug-likeness (QED) is 0.709. The fourth-order valence-electron chi connectivity index (χ4n) is 3.00. The smallest absolute Gasteiger partial charge is 0.376 e. The average molecular weight is 365 g/mol. The van der Waals surface area contributed by atoms with Gasteiger partial charge in [-0.15, -0.1) is 0 Å². The standard InChI is InChI=1S/C18H15F4N3O/c1-17(26,18(20,21)22)12-6-11(8-23-9-12)15-16(10-2-3-10)25-5-4-13(19)7-14(25)24-15/h4-10,26H,2-3H2,1H3/t17-/m0/s1. The van der Waals surface area contributed by atoms with E-state index in [0.717, 1.165) is 24.7 Å². The van der Waals surface area contributed by atoms with Crippen LogP contribution in [0, 0.1) is 5.82 Å². The first kappa shape index (κ1) is 17.0. The van der Waals surface area contributed by atoms with Crippen molar-refractivity contribution in [2.24, 2.45) is 0 Å². The minimum Gasteiger partial charge on any atom is -0.376 e. The summed E-state index contributed by atoms with van der Waals surface area (Å²) >= 11 is 0. The molecular weight excluding hydrogens is 350 g/mol. The fraction of sp³-hybridized carbons (Fsp3) is 0.333. The summed E-state index contributed by atoms with van der Waals surface area (Å²) in [4.78, 5) is 8.28. The van der Waals surface area contributed by atoms with Crippen LogP contribution in [0.3, 0.4) is 0 Å². The van der Waals surface area contributed by atoms with Gasteiger partial charge in [-0.05, 0) is 31.9 Å². The van der Waals surface area contributed by atoms with Crippen LogP contribution in [-0.4, -0.2) is 25.7 Å². The molecule has 3 aromatic rings. The first-order chi connectivity index (χ1) is 12.2. The highest BCUT2D eigenvalue weighted by Gasteiger charge is 2.51. The molecule has 3 aromatic heterocycles. The number of nitrogens with zero attached hydrogens (tertiary/aromatic N) is 3. The predicted octanol–water partition coefficient (Wildman–Crippen LogP) is 4.18. The number of imidazole rings is 1. The van der Waals surface area contributed by atoms with Crippen molar-refractivity contribution >= 4 is 5.65 Å². The third-order valence-corrected chi connectivity index (χ3v) is 4.71. The summed E-state index contributed by atoms with van der Waals surface area (Å²) in [5.41, 5.74) is -1.36. The Hall–Kier alpha value is -2.48. The van der Waals surface area contributed by atoms with Gasteiger partial charge in [-0.3, -0.25) is 4.98 Å². The summed E-state index contributed by atoms with van der Waals surface area (Å²) in [5, 5.41) is 9.92. The van der Waals surface area contributed by atoms with Crippen molar-refractivity contribution in [3.63, 3.8) is 0 Å². The van der Waals surface area contributed by atoms with Gasteiger partial charge >= 0.3 is 6.18 Å². The summed E-state index contributed by atoms with van der Waals surface area (Å²) in [5.74, 6) is -0.222. The average Bonchev–Trinajstić information content (AvgIpc) is 3.34. The summed E-state index contributed by atoms with van der Waals surface area (Å²) in [6, 6.07) is 3.83. The Kier molecular flexibility index (Phi) is 3.59. The van der Waals surface area contributed by atoms with Gasteiger partial charge in [0.15, 0.2) is 5.60 Å². The zero-order chi connectivity index (χ0) is 18.7. The first-order valence-corrected chi connectivity index (χ1v) is 8.11. The molecule has 0 spiro atoms. The van der Waals surface area contributed by atoms with E-state index in [1.807, 2.05) is 0 Å². The molecule has 1 N–H and O–H groups in total. The van der Waals surface area contributed by atoms with Gasteiger partial charge in [0.1, 0.15) is 11.5 Å². The van der Waals surface area contributed by atoms with Crippen LogP contribution in [0.5, 0.6) is 0 Å². The molecule has 26 heavy (non-hydrogen) atoms. The molecular formula is C18H15F4N3O. The topological polar surface area (TPSA) is 50.4 Å². The third-order valence-electron chi connectivity index (χ3n) is 4.71. The van der Waals surface area contributed by atoms with Gasteiger partial charge < -0.3 is 9.51 Å². The minimum absolute atomic E-state index is 0.220. The Bertz CT molecular complexity index is 990.